The lowest BCUT2D eigenvalue weighted by Crippen LogP contribution is -2.40. The van der Waals surface area contributed by atoms with Crippen LogP contribution in [0.25, 0.3) is 0 Å². The molecule has 0 aromatic heterocycles. The molecule has 116 valence electrons. The highest BCUT2D eigenvalue weighted by molar-refractivity contribution is 5.84. The fourth-order valence-electron chi connectivity index (χ4n) is 2.97. The molecule has 5 nitrogen and oxygen atoms in total. The van der Waals surface area contributed by atoms with Gasteiger partial charge in [0.15, 0.2) is 0 Å². The molecule has 0 radical (unpaired) electrons. The van der Waals surface area contributed by atoms with Gasteiger partial charge in [-0.15, -0.1) is 0 Å². The van der Waals surface area contributed by atoms with Crippen molar-refractivity contribution < 1.29 is 9.59 Å². The topological polar surface area (TPSA) is 75.4 Å². The molecule has 1 saturated heterocycles. The van der Waals surface area contributed by atoms with Crippen LogP contribution in [0.5, 0.6) is 0 Å². The Kier molecular flexibility index (Phi) is 5.99. The van der Waals surface area contributed by atoms with Crippen molar-refractivity contribution in [3.63, 3.8) is 0 Å². The Morgan fingerprint density at radius 2 is 2.05 bits per heavy atom. The molecular weight excluding hydrogens is 254 g/mol. The van der Waals surface area contributed by atoms with E-state index in [0.29, 0.717) is 32.0 Å². The highest BCUT2D eigenvalue weighted by atomic mass is 16.2. The van der Waals surface area contributed by atoms with Gasteiger partial charge in [0, 0.05) is 26.6 Å². The quantitative estimate of drug-likeness (QED) is 0.763. The van der Waals surface area contributed by atoms with E-state index in [9.17, 15) is 9.59 Å². The van der Waals surface area contributed by atoms with Crippen molar-refractivity contribution in [2.75, 3.05) is 26.7 Å². The number of nitrogens with two attached hydrogens (primary N) is 1. The molecule has 0 aromatic carbocycles. The van der Waals surface area contributed by atoms with Crippen LogP contribution in [0.15, 0.2) is 0 Å². The average Bonchev–Trinajstić information content (AvgIpc) is 2.80. The van der Waals surface area contributed by atoms with Crippen molar-refractivity contribution in [2.45, 2.75) is 40.0 Å². The molecule has 2 atom stereocenters. The molecule has 1 rings (SSSR count). The first-order valence-electron chi connectivity index (χ1n) is 7.52. The van der Waals surface area contributed by atoms with E-state index in [-0.39, 0.29) is 17.7 Å². The first-order valence-corrected chi connectivity index (χ1v) is 7.52. The number of nitrogens with one attached hydrogen (secondary N) is 1. The van der Waals surface area contributed by atoms with Gasteiger partial charge in [0.1, 0.15) is 0 Å². The van der Waals surface area contributed by atoms with Gasteiger partial charge in [0.05, 0.1) is 5.41 Å². The molecule has 0 aliphatic carbocycles. The molecule has 0 aromatic rings. The van der Waals surface area contributed by atoms with Crippen molar-refractivity contribution in [1.29, 1.82) is 0 Å². The third-order valence-electron chi connectivity index (χ3n) is 4.20. The molecule has 2 amide bonds. The molecule has 5 heteroatoms. The van der Waals surface area contributed by atoms with E-state index in [1.807, 2.05) is 11.8 Å². The number of hydrogen-bond donors (Lipinski definition) is 2. The van der Waals surface area contributed by atoms with Crippen molar-refractivity contribution in [3.05, 3.63) is 0 Å². The third-order valence-corrected chi connectivity index (χ3v) is 4.20. The zero-order chi connectivity index (χ0) is 15.3. The summed E-state index contributed by atoms with van der Waals surface area (Å²) in [6, 6.07) is 0. The zero-order valence-electron chi connectivity index (χ0n) is 13.2. The standard InChI is InChI=1S/C15H29N3O2/c1-11(2)7-12(9-16)8-13(19)18-6-5-15(3,10-18)14(20)17-4/h11-12H,5-10,16H2,1-4H3,(H,17,20)/t12-,15?/m0/s1. The van der Waals surface area contributed by atoms with E-state index < -0.39 is 5.41 Å². The predicted octanol–water partition coefficient (Wildman–Crippen LogP) is 0.982. The maximum absolute atomic E-state index is 12.3. The number of carbonyl (C=O) groups is 2. The Hall–Kier alpha value is -1.10. The zero-order valence-corrected chi connectivity index (χ0v) is 13.2. The first-order chi connectivity index (χ1) is 9.32. The highest BCUT2D eigenvalue weighted by Crippen LogP contribution is 2.31. The van der Waals surface area contributed by atoms with Gasteiger partial charge < -0.3 is 16.0 Å². The molecular formula is C15H29N3O2. The third kappa shape index (κ3) is 4.20. The summed E-state index contributed by atoms with van der Waals surface area (Å²) in [7, 11) is 1.64. The average molecular weight is 283 g/mol. The lowest BCUT2D eigenvalue weighted by molar-refractivity contribution is -0.133. The second-order valence-corrected chi connectivity index (χ2v) is 6.64. The largest absolute Gasteiger partial charge is 0.359 e. The first kappa shape index (κ1) is 17.0. The molecule has 0 saturated carbocycles. The number of likely N-dealkylation sites (tertiary alicyclic amines) is 1. The van der Waals surface area contributed by atoms with Crippen LogP contribution < -0.4 is 11.1 Å². The number of rotatable bonds is 6. The summed E-state index contributed by atoms with van der Waals surface area (Å²) in [5.41, 5.74) is 5.31. The van der Waals surface area contributed by atoms with Gasteiger partial charge in [-0.2, -0.15) is 0 Å². The van der Waals surface area contributed by atoms with Crippen LogP contribution in [-0.2, 0) is 9.59 Å². The fourth-order valence-corrected chi connectivity index (χ4v) is 2.97. The Labute approximate surface area is 122 Å². The lowest BCUT2D eigenvalue weighted by atomic mass is 9.89. The molecule has 0 spiro atoms. The summed E-state index contributed by atoms with van der Waals surface area (Å²) in [5.74, 6) is 0.944. The number of hydrogen-bond acceptors (Lipinski definition) is 3. The molecule has 1 unspecified atom stereocenters. The minimum absolute atomic E-state index is 0.0188. The van der Waals surface area contributed by atoms with Gasteiger partial charge in [-0.05, 0) is 38.1 Å². The summed E-state index contributed by atoms with van der Waals surface area (Å²) >= 11 is 0. The minimum Gasteiger partial charge on any atom is -0.359 e. The highest BCUT2D eigenvalue weighted by Gasteiger charge is 2.41. The normalized spacial score (nSPS) is 24.0. The van der Waals surface area contributed by atoms with Crippen molar-refractivity contribution in [1.82, 2.24) is 10.2 Å². The smallest absolute Gasteiger partial charge is 0.227 e. The molecule has 3 N–H and O–H groups in total. The molecule has 1 fully saturated rings. The lowest BCUT2D eigenvalue weighted by Gasteiger charge is -2.24. The van der Waals surface area contributed by atoms with Gasteiger partial charge in [-0.25, -0.2) is 0 Å². The Morgan fingerprint density at radius 3 is 2.55 bits per heavy atom. The Balaban J connectivity index is 2.55. The van der Waals surface area contributed by atoms with Crippen LogP contribution in [0.3, 0.4) is 0 Å². The molecule has 0 bridgehead atoms. The summed E-state index contributed by atoms with van der Waals surface area (Å²) in [4.78, 5) is 26.0. The Morgan fingerprint density at radius 1 is 1.40 bits per heavy atom. The van der Waals surface area contributed by atoms with Gasteiger partial charge in [0.25, 0.3) is 0 Å². The maximum Gasteiger partial charge on any atom is 0.227 e. The minimum atomic E-state index is -0.444. The van der Waals surface area contributed by atoms with E-state index in [0.717, 1.165) is 12.8 Å². The summed E-state index contributed by atoms with van der Waals surface area (Å²) in [5, 5.41) is 2.69. The van der Waals surface area contributed by atoms with Crippen LogP contribution in [0, 0.1) is 17.3 Å². The van der Waals surface area contributed by atoms with Crippen LogP contribution in [0.4, 0.5) is 0 Å². The summed E-state index contributed by atoms with van der Waals surface area (Å²) in [6.45, 7) is 7.95. The van der Waals surface area contributed by atoms with Crippen molar-refractivity contribution in [2.24, 2.45) is 23.0 Å². The van der Waals surface area contributed by atoms with Gasteiger partial charge in [0.2, 0.25) is 11.8 Å². The summed E-state index contributed by atoms with van der Waals surface area (Å²) < 4.78 is 0. The van der Waals surface area contributed by atoms with Crippen LogP contribution in [0.1, 0.15) is 40.0 Å². The van der Waals surface area contributed by atoms with Crippen LogP contribution >= 0.6 is 0 Å². The van der Waals surface area contributed by atoms with Gasteiger partial charge in [-0.3, -0.25) is 9.59 Å². The second kappa shape index (κ2) is 7.07. The van der Waals surface area contributed by atoms with E-state index in [1.54, 1.807) is 7.05 Å². The van der Waals surface area contributed by atoms with Crippen LogP contribution in [-0.4, -0.2) is 43.4 Å². The maximum atomic E-state index is 12.3. The van der Waals surface area contributed by atoms with Crippen molar-refractivity contribution >= 4 is 11.8 Å². The van der Waals surface area contributed by atoms with E-state index in [2.05, 4.69) is 19.2 Å². The molecule has 1 aliphatic rings. The fraction of sp³-hybridized carbons (Fsp3) is 0.867. The molecule has 1 heterocycles. The van der Waals surface area contributed by atoms with E-state index >= 15 is 0 Å². The monoisotopic (exact) mass is 283 g/mol. The summed E-state index contributed by atoms with van der Waals surface area (Å²) in [6.07, 6.45) is 2.21. The van der Waals surface area contributed by atoms with Gasteiger partial charge in [-0.1, -0.05) is 13.8 Å². The SMILES string of the molecule is CNC(=O)C1(C)CCN(C(=O)C[C@@H](CN)CC(C)C)C1. The number of carbonyl (C=O) groups excluding carboxylic acids is 2. The van der Waals surface area contributed by atoms with E-state index in [4.69, 9.17) is 5.73 Å². The Bertz CT molecular complexity index is 357. The molecule has 1 aliphatic heterocycles. The second-order valence-electron chi connectivity index (χ2n) is 6.64. The van der Waals surface area contributed by atoms with Crippen molar-refractivity contribution in [3.8, 4) is 0 Å². The molecule has 20 heavy (non-hydrogen) atoms. The van der Waals surface area contributed by atoms with Gasteiger partial charge >= 0.3 is 0 Å². The van der Waals surface area contributed by atoms with E-state index in [1.165, 1.54) is 0 Å². The predicted molar refractivity (Wildman–Crippen MR) is 80.0 cm³/mol. The van der Waals surface area contributed by atoms with Crippen LogP contribution in [0.2, 0.25) is 0 Å². The number of amides is 2. The number of nitrogens with zero attached hydrogens (tertiary/aromatic N) is 1.